The van der Waals surface area contributed by atoms with Crippen LogP contribution in [0.15, 0.2) is 28.7 Å². The number of hydrogen-bond donors (Lipinski definition) is 2. The highest BCUT2D eigenvalue weighted by Gasteiger charge is 2.25. The van der Waals surface area contributed by atoms with Gasteiger partial charge in [0.15, 0.2) is 0 Å². The number of carbonyl (C=O) groups excluding carboxylic acids is 1. The van der Waals surface area contributed by atoms with Crippen LogP contribution in [0.3, 0.4) is 0 Å². The van der Waals surface area contributed by atoms with Crippen LogP contribution in [0.4, 0.5) is 0 Å². The largest absolute Gasteiger partial charge is 0.481 e. The highest BCUT2D eigenvalue weighted by molar-refractivity contribution is 9.10. The van der Waals surface area contributed by atoms with Gasteiger partial charge in [-0.25, -0.2) is 0 Å². The molecule has 0 unspecified atom stereocenters. The van der Waals surface area contributed by atoms with E-state index in [1.807, 2.05) is 24.3 Å². The van der Waals surface area contributed by atoms with Gasteiger partial charge in [-0.05, 0) is 30.5 Å². The fraction of sp³-hybridized carbons (Fsp3) is 0.467. The van der Waals surface area contributed by atoms with Crippen LogP contribution in [0.5, 0.6) is 0 Å². The van der Waals surface area contributed by atoms with Crippen LogP contribution in [0.1, 0.15) is 30.9 Å². The molecule has 1 aromatic carbocycles. The molecular formula is C15H18BrNO4. The second-order valence-corrected chi connectivity index (χ2v) is 6.02. The maximum absolute atomic E-state index is 12.3. The lowest BCUT2D eigenvalue weighted by atomic mass is 9.97. The van der Waals surface area contributed by atoms with Gasteiger partial charge in [0, 0.05) is 23.6 Å². The Morgan fingerprint density at radius 2 is 2.10 bits per heavy atom. The molecule has 5 nitrogen and oxygen atoms in total. The van der Waals surface area contributed by atoms with Crippen LogP contribution >= 0.6 is 15.9 Å². The molecule has 114 valence electrons. The second kappa shape index (κ2) is 7.56. The van der Waals surface area contributed by atoms with Gasteiger partial charge in [-0.1, -0.05) is 28.1 Å². The maximum Gasteiger partial charge on any atom is 0.305 e. The van der Waals surface area contributed by atoms with E-state index in [1.54, 1.807) is 0 Å². The van der Waals surface area contributed by atoms with E-state index in [2.05, 4.69) is 21.2 Å². The van der Waals surface area contributed by atoms with Crippen LogP contribution in [0, 0.1) is 5.92 Å². The normalized spacial score (nSPS) is 17.2. The fourth-order valence-corrected chi connectivity index (χ4v) is 2.82. The van der Waals surface area contributed by atoms with Gasteiger partial charge < -0.3 is 15.2 Å². The first-order chi connectivity index (χ1) is 10.1. The SMILES string of the molecule is O=C(O)C[C@@H](NC(=O)C1CCOCC1)c1cccc(Br)c1. The van der Waals surface area contributed by atoms with Crippen LogP contribution in [0.2, 0.25) is 0 Å². The van der Waals surface area contributed by atoms with Crippen LogP contribution in [-0.4, -0.2) is 30.2 Å². The van der Waals surface area contributed by atoms with Crippen molar-refractivity contribution >= 4 is 27.8 Å². The number of carbonyl (C=O) groups is 2. The number of benzene rings is 1. The quantitative estimate of drug-likeness (QED) is 0.850. The Morgan fingerprint density at radius 3 is 2.71 bits per heavy atom. The van der Waals surface area contributed by atoms with Crippen molar-refractivity contribution in [2.24, 2.45) is 5.92 Å². The third kappa shape index (κ3) is 4.82. The van der Waals surface area contributed by atoms with E-state index in [0.717, 1.165) is 10.0 Å². The molecule has 1 saturated heterocycles. The zero-order valence-corrected chi connectivity index (χ0v) is 13.1. The number of ether oxygens (including phenoxy) is 1. The number of aliphatic carboxylic acids is 1. The van der Waals surface area contributed by atoms with Crippen molar-refractivity contribution in [2.75, 3.05) is 13.2 Å². The monoisotopic (exact) mass is 355 g/mol. The van der Waals surface area contributed by atoms with Crippen molar-refractivity contribution in [3.63, 3.8) is 0 Å². The molecule has 0 saturated carbocycles. The molecule has 6 heteroatoms. The third-order valence-electron chi connectivity index (χ3n) is 3.54. The molecule has 1 amide bonds. The molecule has 21 heavy (non-hydrogen) atoms. The number of halogens is 1. The molecule has 1 aromatic rings. The minimum atomic E-state index is -0.938. The van der Waals surface area contributed by atoms with Gasteiger partial charge in [0.2, 0.25) is 5.91 Å². The molecule has 0 aliphatic carbocycles. The molecule has 0 bridgehead atoms. The van der Waals surface area contributed by atoms with Crippen molar-refractivity contribution in [3.8, 4) is 0 Å². The van der Waals surface area contributed by atoms with Gasteiger partial charge in [0.05, 0.1) is 12.5 Å². The van der Waals surface area contributed by atoms with E-state index in [0.29, 0.717) is 26.1 Å². The number of hydrogen-bond acceptors (Lipinski definition) is 3. The van der Waals surface area contributed by atoms with E-state index >= 15 is 0 Å². The molecule has 1 fully saturated rings. The number of rotatable bonds is 5. The zero-order valence-electron chi connectivity index (χ0n) is 11.5. The standard InChI is InChI=1S/C15H18BrNO4/c16-12-3-1-2-11(8-12)13(9-14(18)19)17-15(20)10-4-6-21-7-5-10/h1-3,8,10,13H,4-7,9H2,(H,17,20)(H,18,19)/t13-/m1/s1. The molecule has 1 aliphatic heterocycles. The molecule has 1 aliphatic rings. The third-order valence-corrected chi connectivity index (χ3v) is 4.03. The van der Waals surface area contributed by atoms with Crippen molar-refractivity contribution in [1.82, 2.24) is 5.32 Å². The highest BCUT2D eigenvalue weighted by Crippen LogP contribution is 2.23. The predicted molar refractivity (Wildman–Crippen MR) is 80.8 cm³/mol. The second-order valence-electron chi connectivity index (χ2n) is 5.10. The summed E-state index contributed by atoms with van der Waals surface area (Å²) < 4.78 is 6.10. The summed E-state index contributed by atoms with van der Waals surface area (Å²) in [5, 5.41) is 11.9. The smallest absolute Gasteiger partial charge is 0.305 e. The molecule has 0 aromatic heterocycles. The minimum absolute atomic E-state index is 0.0930. The Bertz CT molecular complexity index is 514. The van der Waals surface area contributed by atoms with Gasteiger partial charge >= 0.3 is 5.97 Å². The first kappa shape index (κ1) is 16.0. The number of amides is 1. The first-order valence-corrected chi connectivity index (χ1v) is 7.71. The summed E-state index contributed by atoms with van der Waals surface area (Å²) in [5.41, 5.74) is 0.784. The van der Waals surface area contributed by atoms with Crippen molar-refractivity contribution in [3.05, 3.63) is 34.3 Å². The lowest BCUT2D eigenvalue weighted by molar-refractivity contribution is -0.138. The van der Waals surface area contributed by atoms with Crippen LogP contribution in [-0.2, 0) is 14.3 Å². The molecule has 0 radical (unpaired) electrons. The molecule has 1 atom stereocenters. The number of carboxylic acids is 1. The van der Waals surface area contributed by atoms with Crippen molar-refractivity contribution in [2.45, 2.75) is 25.3 Å². The van der Waals surface area contributed by atoms with E-state index in [9.17, 15) is 9.59 Å². The Kier molecular flexibility index (Phi) is 5.76. The average molecular weight is 356 g/mol. The van der Waals surface area contributed by atoms with Crippen LogP contribution < -0.4 is 5.32 Å². The Morgan fingerprint density at radius 1 is 1.38 bits per heavy atom. The zero-order chi connectivity index (χ0) is 15.2. The van der Waals surface area contributed by atoms with E-state index in [1.165, 1.54) is 0 Å². The van der Waals surface area contributed by atoms with Crippen molar-refractivity contribution < 1.29 is 19.4 Å². The van der Waals surface area contributed by atoms with E-state index < -0.39 is 12.0 Å². The van der Waals surface area contributed by atoms with E-state index in [4.69, 9.17) is 9.84 Å². The minimum Gasteiger partial charge on any atom is -0.481 e. The molecular weight excluding hydrogens is 338 g/mol. The van der Waals surface area contributed by atoms with Crippen molar-refractivity contribution in [1.29, 1.82) is 0 Å². The Labute approximate surface area is 131 Å². The first-order valence-electron chi connectivity index (χ1n) is 6.91. The Balaban J connectivity index is 2.08. The highest BCUT2D eigenvalue weighted by atomic mass is 79.9. The summed E-state index contributed by atoms with van der Waals surface area (Å²) in [7, 11) is 0. The lowest BCUT2D eigenvalue weighted by Crippen LogP contribution is -2.37. The summed E-state index contributed by atoms with van der Waals surface area (Å²) in [6.07, 6.45) is 1.24. The summed E-state index contributed by atoms with van der Waals surface area (Å²) in [5.74, 6) is -1.13. The average Bonchev–Trinajstić information content (AvgIpc) is 2.47. The number of carboxylic acid groups (broad SMARTS) is 1. The van der Waals surface area contributed by atoms with Gasteiger partial charge in [-0.15, -0.1) is 0 Å². The summed E-state index contributed by atoms with van der Waals surface area (Å²) >= 11 is 3.36. The fourth-order valence-electron chi connectivity index (χ4n) is 2.40. The molecule has 2 rings (SSSR count). The maximum atomic E-state index is 12.3. The van der Waals surface area contributed by atoms with Gasteiger partial charge in [-0.3, -0.25) is 9.59 Å². The molecule has 1 heterocycles. The summed E-state index contributed by atoms with van der Waals surface area (Å²) in [4.78, 5) is 23.3. The summed E-state index contributed by atoms with van der Waals surface area (Å²) in [6.45, 7) is 1.16. The summed E-state index contributed by atoms with van der Waals surface area (Å²) in [6, 6.07) is 6.83. The van der Waals surface area contributed by atoms with Gasteiger partial charge in [0.25, 0.3) is 0 Å². The topological polar surface area (TPSA) is 75.6 Å². The van der Waals surface area contributed by atoms with Gasteiger partial charge in [0.1, 0.15) is 0 Å². The Hall–Kier alpha value is -1.40. The van der Waals surface area contributed by atoms with E-state index in [-0.39, 0.29) is 18.2 Å². The predicted octanol–water partition coefficient (Wildman–Crippen LogP) is 2.51. The van der Waals surface area contributed by atoms with Crippen LogP contribution in [0.25, 0.3) is 0 Å². The van der Waals surface area contributed by atoms with Gasteiger partial charge in [-0.2, -0.15) is 0 Å². The molecule has 0 spiro atoms. The molecule has 2 N–H and O–H groups in total. The number of nitrogens with one attached hydrogen (secondary N) is 1. The lowest BCUT2D eigenvalue weighted by Gasteiger charge is -2.24.